The molecule has 1 heterocycles. The van der Waals surface area contributed by atoms with E-state index < -0.39 is 10.7 Å². The highest BCUT2D eigenvalue weighted by atomic mass is 35.5. The van der Waals surface area contributed by atoms with Crippen molar-refractivity contribution in [1.82, 2.24) is 5.32 Å². The average molecular weight is 448 g/mol. The molecule has 5 nitrogen and oxygen atoms in total. The van der Waals surface area contributed by atoms with Gasteiger partial charge in [-0.25, -0.2) is 0 Å². The zero-order valence-corrected chi connectivity index (χ0v) is 18.5. The highest BCUT2D eigenvalue weighted by Gasteiger charge is 2.22. The third-order valence-corrected chi connectivity index (χ3v) is 5.77. The molecule has 0 radical (unpaired) electrons. The summed E-state index contributed by atoms with van der Waals surface area (Å²) in [5.74, 6) is 0.00426. The molecule has 2 aromatic carbocycles. The quantitative estimate of drug-likeness (QED) is 0.607. The van der Waals surface area contributed by atoms with Crippen LogP contribution in [0.4, 0.5) is 11.4 Å². The first kappa shape index (κ1) is 22.4. The van der Waals surface area contributed by atoms with E-state index in [1.165, 1.54) is 5.56 Å². The summed E-state index contributed by atoms with van der Waals surface area (Å²) < 4.78 is 0. The Labute approximate surface area is 187 Å². The lowest BCUT2D eigenvalue weighted by Gasteiger charge is -2.33. The molecule has 1 fully saturated rings. The molecule has 0 atom stereocenters. The van der Waals surface area contributed by atoms with Crippen molar-refractivity contribution in [3.05, 3.63) is 59.7 Å². The fourth-order valence-corrected chi connectivity index (χ4v) is 3.69. The predicted molar refractivity (Wildman–Crippen MR) is 124 cm³/mol. The maximum atomic E-state index is 13.0. The van der Waals surface area contributed by atoms with Crippen molar-refractivity contribution < 1.29 is 9.59 Å². The molecule has 0 unspecified atom stereocenters. The number of amides is 2. The van der Waals surface area contributed by atoms with Gasteiger partial charge in [-0.15, -0.1) is 0 Å². The molecule has 30 heavy (non-hydrogen) atoms. The highest BCUT2D eigenvalue weighted by molar-refractivity contribution is 6.54. The molecule has 3 rings (SSSR count). The van der Waals surface area contributed by atoms with Crippen LogP contribution in [0.15, 0.2) is 48.5 Å². The SMILES string of the molecule is CC1CCN(c2ccc(NC(=O)C(Cl)Cl)cc2C(=O)NCCc2ccccc2)CC1. The molecule has 1 saturated heterocycles. The van der Waals surface area contributed by atoms with Gasteiger partial charge in [0, 0.05) is 31.0 Å². The molecule has 0 saturated carbocycles. The lowest BCUT2D eigenvalue weighted by molar-refractivity contribution is -0.114. The van der Waals surface area contributed by atoms with Crippen LogP contribution < -0.4 is 15.5 Å². The standard InChI is InChI=1S/C23H27Cl2N3O2/c1-16-10-13-28(14-11-16)20-8-7-18(27-23(30)21(24)25)15-19(20)22(29)26-12-9-17-5-3-2-4-6-17/h2-8,15-16,21H,9-14H2,1H3,(H,26,29)(H,27,30). The maximum absolute atomic E-state index is 13.0. The first-order chi connectivity index (χ1) is 14.4. The normalized spacial score (nSPS) is 14.6. The second kappa shape index (κ2) is 10.7. The van der Waals surface area contributed by atoms with E-state index in [0.29, 0.717) is 23.7 Å². The number of piperidine rings is 1. The van der Waals surface area contributed by atoms with E-state index >= 15 is 0 Å². The molecule has 2 N–H and O–H groups in total. The minimum atomic E-state index is -1.17. The number of nitrogens with one attached hydrogen (secondary N) is 2. The largest absolute Gasteiger partial charge is 0.371 e. The van der Waals surface area contributed by atoms with Crippen LogP contribution in [0.2, 0.25) is 0 Å². The zero-order valence-electron chi connectivity index (χ0n) is 17.0. The molecular formula is C23H27Cl2N3O2. The Bertz CT molecular complexity index is 866. The van der Waals surface area contributed by atoms with Crippen molar-refractivity contribution in [2.75, 3.05) is 29.9 Å². The lowest BCUT2D eigenvalue weighted by atomic mass is 9.97. The summed E-state index contributed by atoms with van der Waals surface area (Å²) >= 11 is 11.3. The second-order valence-electron chi connectivity index (χ2n) is 7.68. The summed E-state index contributed by atoms with van der Waals surface area (Å²) in [7, 11) is 0. The Morgan fingerprint density at radius 3 is 2.47 bits per heavy atom. The molecule has 1 aliphatic heterocycles. The molecule has 160 valence electrons. The molecule has 0 aromatic heterocycles. The summed E-state index contributed by atoms with van der Waals surface area (Å²) in [4.78, 5) is 26.0. The summed E-state index contributed by atoms with van der Waals surface area (Å²) in [5.41, 5.74) is 3.08. The van der Waals surface area contributed by atoms with Crippen molar-refractivity contribution in [2.45, 2.75) is 31.0 Å². The molecule has 7 heteroatoms. The van der Waals surface area contributed by atoms with Crippen LogP contribution in [-0.4, -0.2) is 36.3 Å². The van der Waals surface area contributed by atoms with E-state index in [1.807, 2.05) is 36.4 Å². The van der Waals surface area contributed by atoms with Gasteiger partial charge in [-0.2, -0.15) is 0 Å². The Morgan fingerprint density at radius 1 is 1.10 bits per heavy atom. The molecule has 0 aliphatic carbocycles. The summed E-state index contributed by atoms with van der Waals surface area (Å²) in [6.45, 7) is 4.59. The number of carbonyl (C=O) groups excluding carboxylic acids is 2. The Kier molecular flexibility index (Phi) is 8.00. The minimum absolute atomic E-state index is 0.163. The van der Waals surface area contributed by atoms with Crippen molar-refractivity contribution in [2.24, 2.45) is 5.92 Å². The number of alkyl halides is 2. The molecule has 1 aliphatic rings. The van der Waals surface area contributed by atoms with Gasteiger partial charge in [-0.3, -0.25) is 9.59 Å². The van der Waals surface area contributed by atoms with Crippen molar-refractivity contribution in [3.63, 3.8) is 0 Å². The Hall–Kier alpha value is -2.24. The first-order valence-corrected chi connectivity index (χ1v) is 11.1. The number of hydrogen-bond donors (Lipinski definition) is 2. The van der Waals surface area contributed by atoms with Gasteiger partial charge in [0.05, 0.1) is 5.56 Å². The fourth-order valence-electron chi connectivity index (χ4n) is 3.58. The van der Waals surface area contributed by atoms with Gasteiger partial charge >= 0.3 is 0 Å². The van der Waals surface area contributed by atoms with E-state index in [2.05, 4.69) is 22.5 Å². The number of benzene rings is 2. The van der Waals surface area contributed by atoms with Crippen LogP contribution in [0.5, 0.6) is 0 Å². The van der Waals surface area contributed by atoms with Crippen LogP contribution in [0, 0.1) is 5.92 Å². The van der Waals surface area contributed by atoms with E-state index in [0.717, 1.165) is 38.0 Å². The third-order valence-electron chi connectivity index (χ3n) is 5.37. The molecule has 0 spiro atoms. The smallest absolute Gasteiger partial charge is 0.257 e. The number of anilines is 2. The summed E-state index contributed by atoms with van der Waals surface area (Å²) in [6, 6.07) is 15.4. The van der Waals surface area contributed by atoms with Crippen LogP contribution in [0.25, 0.3) is 0 Å². The molecule has 0 bridgehead atoms. The van der Waals surface area contributed by atoms with Gasteiger partial charge in [0.15, 0.2) is 4.84 Å². The number of hydrogen-bond acceptors (Lipinski definition) is 3. The monoisotopic (exact) mass is 447 g/mol. The van der Waals surface area contributed by atoms with Crippen LogP contribution in [-0.2, 0) is 11.2 Å². The van der Waals surface area contributed by atoms with Crippen molar-refractivity contribution in [1.29, 1.82) is 0 Å². The van der Waals surface area contributed by atoms with Gasteiger partial charge in [0.1, 0.15) is 0 Å². The van der Waals surface area contributed by atoms with Crippen LogP contribution >= 0.6 is 23.2 Å². The van der Waals surface area contributed by atoms with E-state index in [9.17, 15) is 9.59 Å². The average Bonchev–Trinajstić information content (AvgIpc) is 2.75. The number of nitrogens with zero attached hydrogens (tertiary/aromatic N) is 1. The van der Waals surface area contributed by atoms with Crippen LogP contribution in [0.3, 0.4) is 0 Å². The van der Waals surface area contributed by atoms with Crippen molar-refractivity contribution >= 4 is 46.4 Å². The van der Waals surface area contributed by atoms with Gasteiger partial charge < -0.3 is 15.5 Å². The van der Waals surface area contributed by atoms with Crippen molar-refractivity contribution in [3.8, 4) is 0 Å². The number of carbonyl (C=O) groups is 2. The molecule has 2 aromatic rings. The number of rotatable bonds is 7. The Morgan fingerprint density at radius 2 is 1.80 bits per heavy atom. The second-order valence-corrected chi connectivity index (χ2v) is 8.78. The van der Waals surface area contributed by atoms with E-state index in [-0.39, 0.29) is 5.91 Å². The summed E-state index contributed by atoms with van der Waals surface area (Å²) in [6.07, 6.45) is 2.93. The maximum Gasteiger partial charge on any atom is 0.257 e. The molecule has 2 amide bonds. The van der Waals surface area contributed by atoms with Gasteiger partial charge in [0.25, 0.3) is 11.8 Å². The van der Waals surface area contributed by atoms with Gasteiger partial charge in [-0.05, 0) is 48.9 Å². The van der Waals surface area contributed by atoms with E-state index in [1.54, 1.807) is 12.1 Å². The topological polar surface area (TPSA) is 61.4 Å². The third kappa shape index (κ3) is 6.13. The Balaban J connectivity index is 1.76. The first-order valence-electron chi connectivity index (χ1n) is 10.2. The fraction of sp³-hybridized carbons (Fsp3) is 0.391. The zero-order chi connectivity index (χ0) is 21.5. The lowest BCUT2D eigenvalue weighted by Crippen LogP contribution is -2.35. The van der Waals surface area contributed by atoms with Gasteiger partial charge in [0.2, 0.25) is 0 Å². The molecular weight excluding hydrogens is 421 g/mol. The van der Waals surface area contributed by atoms with Gasteiger partial charge in [-0.1, -0.05) is 60.5 Å². The number of halogens is 2. The minimum Gasteiger partial charge on any atom is -0.371 e. The highest BCUT2D eigenvalue weighted by Crippen LogP contribution is 2.29. The van der Waals surface area contributed by atoms with Crippen LogP contribution in [0.1, 0.15) is 35.7 Å². The van der Waals surface area contributed by atoms with E-state index in [4.69, 9.17) is 23.2 Å². The predicted octanol–water partition coefficient (Wildman–Crippen LogP) is 4.64. The summed E-state index contributed by atoms with van der Waals surface area (Å²) in [5, 5.41) is 5.66.